The number of rotatable bonds is 9. The predicted octanol–water partition coefficient (Wildman–Crippen LogP) is 3.88. The van der Waals surface area contributed by atoms with Crippen LogP contribution in [-0.4, -0.2) is 39.8 Å². The van der Waals surface area contributed by atoms with E-state index < -0.39 is 5.60 Å². The summed E-state index contributed by atoms with van der Waals surface area (Å²) >= 11 is 0. The van der Waals surface area contributed by atoms with Crippen molar-refractivity contribution in [3.05, 3.63) is 59.9 Å². The summed E-state index contributed by atoms with van der Waals surface area (Å²) in [7, 11) is 6.42. The number of benzene rings is 1. The molecule has 1 aromatic carbocycles. The maximum absolute atomic E-state index is 12.3. The Hall–Kier alpha value is -2.53. The maximum atomic E-state index is 12.3. The molecule has 0 saturated heterocycles. The highest BCUT2D eigenvalue weighted by Gasteiger charge is 2.43. The summed E-state index contributed by atoms with van der Waals surface area (Å²) < 4.78 is 22.2. The van der Waals surface area contributed by atoms with Crippen LogP contribution in [0.25, 0.3) is 0 Å². The van der Waals surface area contributed by atoms with Crippen molar-refractivity contribution in [2.24, 2.45) is 5.92 Å². The fourth-order valence-electron chi connectivity index (χ4n) is 3.52. The second-order valence-corrected chi connectivity index (χ2v) is 6.53. The van der Waals surface area contributed by atoms with Gasteiger partial charge in [-0.1, -0.05) is 19.1 Å². The normalized spacial score (nSPS) is 20.4. The third-order valence-electron chi connectivity index (χ3n) is 5.00. The predicted molar refractivity (Wildman–Crippen MR) is 105 cm³/mol. The minimum atomic E-state index is -0.825. The third kappa shape index (κ3) is 4.08. The molecule has 2 atom stereocenters. The lowest BCUT2D eigenvalue weighted by atomic mass is 9.77. The van der Waals surface area contributed by atoms with Crippen LogP contribution >= 0.6 is 0 Å². The van der Waals surface area contributed by atoms with Gasteiger partial charge in [-0.2, -0.15) is 0 Å². The van der Waals surface area contributed by atoms with Crippen LogP contribution in [0.5, 0.6) is 11.5 Å². The molecule has 0 amide bonds. The minimum Gasteiger partial charge on any atom is -0.498 e. The molecule has 27 heavy (non-hydrogen) atoms. The molecule has 2 rings (SSSR count). The van der Waals surface area contributed by atoms with E-state index >= 15 is 0 Å². The Labute approximate surface area is 161 Å². The Balaban J connectivity index is 2.40. The molecular weight excluding hydrogens is 344 g/mol. The molecule has 1 aliphatic carbocycles. The van der Waals surface area contributed by atoms with Gasteiger partial charge in [0.15, 0.2) is 17.3 Å². The number of allylic oxidation sites excluding steroid dienone is 3. The van der Waals surface area contributed by atoms with E-state index in [4.69, 9.17) is 18.9 Å². The van der Waals surface area contributed by atoms with Crippen LogP contribution in [0, 0.1) is 5.92 Å². The van der Waals surface area contributed by atoms with Crippen LogP contribution in [0.1, 0.15) is 18.9 Å². The van der Waals surface area contributed by atoms with Gasteiger partial charge in [0, 0.05) is 24.7 Å². The van der Waals surface area contributed by atoms with Crippen LogP contribution in [0.4, 0.5) is 0 Å². The highest BCUT2D eigenvalue weighted by molar-refractivity contribution is 6.06. The van der Waals surface area contributed by atoms with Crippen LogP contribution < -0.4 is 9.47 Å². The van der Waals surface area contributed by atoms with Gasteiger partial charge >= 0.3 is 0 Å². The number of hydrogen-bond acceptors (Lipinski definition) is 5. The topological polar surface area (TPSA) is 54.0 Å². The second-order valence-electron chi connectivity index (χ2n) is 6.53. The molecule has 0 heterocycles. The molecule has 0 aromatic heterocycles. The van der Waals surface area contributed by atoms with Gasteiger partial charge in [0.05, 0.1) is 21.3 Å². The van der Waals surface area contributed by atoms with Gasteiger partial charge < -0.3 is 18.9 Å². The Morgan fingerprint density at radius 2 is 1.81 bits per heavy atom. The zero-order valence-electron chi connectivity index (χ0n) is 16.7. The van der Waals surface area contributed by atoms with Gasteiger partial charge in [0.25, 0.3) is 0 Å². The lowest BCUT2D eigenvalue weighted by Crippen LogP contribution is -2.43. The van der Waals surface area contributed by atoms with Crippen molar-refractivity contribution in [3.63, 3.8) is 0 Å². The molecule has 5 nitrogen and oxygen atoms in total. The van der Waals surface area contributed by atoms with E-state index in [0.717, 1.165) is 5.56 Å². The first-order chi connectivity index (χ1) is 12.9. The second kappa shape index (κ2) is 8.91. The zero-order valence-corrected chi connectivity index (χ0v) is 16.7. The largest absolute Gasteiger partial charge is 0.498 e. The number of carbonyl (C=O) groups excluding carboxylic acids is 1. The molecule has 0 fully saturated rings. The van der Waals surface area contributed by atoms with E-state index in [1.165, 1.54) is 6.08 Å². The molecule has 0 aliphatic heterocycles. The summed E-state index contributed by atoms with van der Waals surface area (Å²) in [5.74, 6) is 1.80. The Bertz CT molecular complexity index is 762. The van der Waals surface area contributed by atoms with Crippen molar-refractivity contribution in [3.8, 4) is 11.5 Å². The van der Waals surface area contributed by atoms with Gasteiger partial charge in [0.1, 0.15) is 11.4 Å². The van der Waals surface area contributed by atoms with E-state index in [-0.39, 0.29) is 11.7 Å². The number of carbonyl (C=O) groups is 1. The van der Waals surface area contributed by atoms with Crippen molar-refractivity contribution in [1.29, 1.82) is 0 Å². The lowest BCUT2D eigenvalue weighted by molar-refractivity contribution is -0.112. The monoisotopic (exact) mass is 372 g/mol. The van der Waals surface area contributed by atoms with Crippen molar-refractivity contribution in [2.75, 3.05) is 28.4 Å². The van der Waals surface area contributed by atoms with Crippen LogP contribution in [0.15, 0.2) is 54.3 Å². The van der Waals surface area contributed by atoms with Crippen LogP contribution in [0.3, 0.4) is 0 Å². The van der Waals surface area contributed by atoms with Crippen molar-refractivity contribution in [1.82, 2.24) is 0 Å². The number of hydrogen-bond donors (Lipinski definition) is 0. The van der Waals surface area contributed by atoms with Crippen molar-refractivity contribution >= 4 is 5.78 Å². The van der Waals surface area contributed by atoms with E-state index in [2.05, 4.69) is 13.5 Å². The summed E-state index contributed by atoms with van der Waals surface area (Å²) in [4.78, 5) is 12.3. The molecule has 0 spiro atoms. The van der Waals surface area contributed by atoms with E-state index in [0.29, 0.717) is 35.7 Å². The molecule has 0 N–H and O–H groups in total. The smallest absolute Gasteiger partial charge is 0.185 e. The molecule has 5 heteroatoms. The maximum Gasteiger partial charge on any atom is 0.185 e. The SMILES string of the molecule is C=CCC1=C[C@@](OC)([C@H](C)Cc2ccc(OC)c(OC)c2)C(OC)=CC1=O. The first-order valence-corrected chi connectivity index (χ1v) is 8.84. The average molecular weight is 372 g/mol. The Morgan fingerprint density at radius 3 is 2.37 bits per heavy atom. The van der Waals surface area contributed by atoms with Gasteiger partial charge in [-0.15, -0.1) is 6.58 Å². The molecule has 0 radical (unpaired) electrons. The Kier molecular flexibility index (Phi) is 6.86. The van der Waals surface area contributed by atoms with Crippen LogP contribution in [0.2, 0.25) is 0 Å². The highest BCUT2D eigenvalue weighted by Crippen LogP contribution is 2.39. The van der Waals surface area contributed by atoms with E-state index in [9.17, 15) is 4.79 Å². The molecule has 0 saturated carbocycles. The Morgan fingerprint density at radius 1 is 1.11 bits per heavy atom. The summed E-state index contributed by atoms with van der Waals surface area (Å²) in [5.41, 5.74) is 0.906. The van der Waals surface area contributed by atoms with Gasteiger partial charge in [-0.05, 0) is 36.6 Å². The molecule has 0 bridgehead atoms. The number of ketones is 1. The van der Waals surface area contributed by atoms with E-state index in [1.807, 2.05) is 24.3 Å². The van der Waals surface area contributed by atoms with Crippen LogP contribution in [-0.2, 0) is 20.7 Å². The van der Waals surface area contributed by atoms with Gasteiger partial charge in [0.2, 0.25) is 0 Å². The number of methoxy groups -OCH3 is 4. The summed E-state index contributed by atoms with van der Waals surface area (Å²) in [6.45, 7) is 5.81. The summed E-state index contributed by atoms with van der Waals surface area (Å²) in [5, 5.41) is 0. The fourth-order valence-corrected chi connectivity index (χ4v) is 3.52. The molecular formula is C22H28O5. The minimum absolute atomic E-state index is 0.000263. The fraction of sp³-hybridized carbons (Fsp3) is 0.409. The molecule has 1 aliphatic rings. The van der Waals surface area contributed by atoms with Crippen molar-refractivity contribution in [2.45, 2.75) is 25.4 Å². The quantitative estimate of drug-likeness (QED) is 0.616. The van der Waals surface area contributed by atoms with E-state index in [1.54, 1.807) is 34.5 Å². The van der Waals surface area contributed by atoms with Crippen molar-refractivity contribution < 1.29 is 23.7 Å². The number of ether oxygens (including phenoxy) is 4. The third-order valence-corrected chi connectivity index (χ3v) is 5.00. The lowest BCUT2D eigenvalue weighted by Gasteiger charge is -2.39. The molecule has 146 valence electrons. The molecule has 1 aromatic rings. The van der Waals surface area contributed by atoms with Gasteiger partial charge in [-0.3, -0.25) is 4.79 Å². The average Bonchev–Trinajstić information content (AvgIpc) is 2.69. The zero-order chi connectivity index (χ0) is 20.0. The standard InChI is InChI=1S/C22H28O5/c1-7-8-17-14-22(27-6,21(26-5)13-18(17)23)15(2)11-16-9-10-19(24-3)20(12-16)25-4/h7,9-10,12-15H,1,8,11H2,2-6H3/t15-,22-/m1/s1. The summed E-state index contributed by atoms with van der Waals surface area (Å²) in [6, 6.07) is 5.84. The first-order valence-electron chi connectivity index (χ1n) is 8.84. The highest BCUT2D eigenvalue weighted by atomic mass is 16.5. The molecule has 0 unspecified atom stereocenters. The summed E-state index contributed by atoms with van der Waals surface area (Å²) in [6.07, 6.45) is 6.30. The first kappa shape index (κ1) is 20.8. The van der Waals surface area contributed by atoms with Gasteiger partial charge in [-0.25, -0.2) is 0 Å².